The van der Waals surface area contributed by atoms with Crippen LogP contribution in [0.2, 0.25) is 0 Å². The van der Waals surface area contributed by atoms with Gasteiger partial charge in [0.05, 0.1) is 0 Å². The second-order valence-corrected chi connectivity index (χ2v) is 13.7. The summed E-state index contributed by atoms with van der Waals surface area (Å²) >= 11 is 0. The molecule has 0 aromatic heterocycles. The van der Waals surface area contributed by atoms with E-state index in [1.54, 1.807) is 77.0 Å². The predicted molar refractivity (Wildman–Crippen MR) is 167 cm³/mol. The number of terminal acetylenes is 1. The van der Waals surface area contributed by atoms with Crippen LogP contribution in [0.3, 0.4) is 0 Å². The van der Waals surface area contributed by atoms with Crippen molar-refractivity contribution in [2.45, 2.75) is 188 Å². The Hall–Kier alpha value is -0.440. The Balaban J connectivity index is 0.00000235. The largest absolute Gasteiger partial charge is 0.124 e. The topological polar surface area (TPSA) is 0 Å². The highest BCUT2D eigenvalue weighted by Crippen LogP contribution is 2.58. The van der Waals surface area contributed by atoms with Gasteiger partial charge in [-0.15, -0.1) is 12.8 Å². The molecule has 0 N–H and O–H groups in total. The first-order valence-corrected chi connectivity index (χ1v) is 17.6. The van der Waals surface area contributed by atoms with E-state index in [2.05, 4.69) is 33.6 Å². The Labute approximate surface area is 235 Å². The third-order valence-corrected chi connectivity index (χ3v) is 11.5. The van der Waals surface area contributed by atoms with Gasteiger partial charge in [0.25, 0.3) is 0 Å². The number of unbranched alkanes of at least 4 members (excludes halogenated alkanes) is 4. The molecule has 3 aliphatic carbocycles. The zero-order valence-electron chi connectivity index (χ0n) is 25.9. The highest BCUT2D eigenvalue weighted by Gasteiger charge is 2.48. The summed E-state index contributed by atoms with van der Waals surface area (Å²) in [6.07, 6.45) is 47.7. The Bertz CT molecular complexity index is 552. The molecule has 3 saturated carbocycles. The van der Waals surface area contributed by atoms with Gasteiger partial charge in [-0.2, -0.15) is 0 Å². The molecule has 4 atom stereocenters. The van der Waals surface area contributed by atoms with E-state index in [4.69, 9.17) is 0 Å². The lowest BCUT2D eigenvalue weighted by Gasteiger charge is -2.53. The molecule has 216 valence electrons. The molecule has 4 unspecified atom stereocenters. The predicted octanol–water partition coefficient (Wildman–Crippen LogP) is 12.5. The van der Waals surface area contributed by atoms with Gasteiger partial charge in [-0.3, -0.25) is 0 Å². The van der Waals surface area contributed by atoms with Crippen LogP contribution in [0.4, 0.5) is 0 Å². The molecule has 3 fully saturated rings. The van der Waals surface area contributed by atoms with Gasteiger partial charge in [-0.05, 0) is 67.1 Å². The van der Waals surface area contributed by atoms with Crippen LogP contribution >= 0.6 is 0 Å². The summed E-state index contributed by atoms with van der Waals surface area (Å²) in [5.74, 6) is 5.29. The van der Waals surface area contributed by atoms with Crippen molar-refractivity contribution in [3.8, 4) is 12.8 Å². The molecule has 0 spiro atoms. The van der Waals surface area contributed by atoms with Gasteiger partial charge in [0.2, 0.25) is 0 Å². The third-order valence-electron chi connectivity index (χ3n) is 11.5. The first-order chi connectivity index (χ1) is 18.2. The van der Waals surface area contributed by atoms with Gasteiger partial charge >= 0.3 is 0 Å². The smallest absolute Gasteiger partial charge is 0.0238 e. The van der Waals surface area contributed by atoms with E-state index in [9.17, 15) is 0 Å². The van der Waals surface area contributed by atoms with Gasteiger partial charge in [-0.1, -0.05) is 156 Å². The van der Waals surface area contributed by atoms with Gasteiger partial charge < -0.3 is 0 Å². The monoisotopic (exact) mass is 513 g/mol. The fourth-order valence-corrected chi connectivity index (χ4v) is 9.40. The van der Waals surface area contributed by atoms with Crippen LogP contribution in [0.25, 0.3) is 0 Å². The maximum Gasteiger partial charge on any atom is -0.0238 e. The molecular formula is C37H68. The Morgan fingerprint density at radius 1 is 0.649 bits per heavy atom. The zero-order valence-corrected chi connectivity index (χ0v) is 25.9. The standard InChI is InChI=1S/C35H66.C2H2/c1-4-7-11-18-30(6-3)20-17-29-35(33-26-24-31(25-27-33)19-12-8-5-2)28-16-10-9-13-21-32-22-14-15-23-34(32)35;1-2/h30-34H,4-29H2,1-3H3;1-2H. The van der Waals surface area contributed by atoms with Crippen molar-refractivity contribution in [1.29, 1.82) is 0 Å². The lowest BCUT2D eigenvalue weighted by Crippen LogP contribution is -2.44. The highest BCUT2D eigenvalue weighted by atomic mass is 14.5. The van der Waals surface area contributed by atoms with E-state index < -0.39 is 0 Å². The van der Waals surface area contributed by atoms with Crippen LogP contribution in [-0.2, 0) is 0 Å². The second kappa shape index (κ2) is 19.6. The first-order valence-electron chi connectivity index (χ1n) is 17.6. The number of rotatable bonds is 14. The van der Waals surface area contributed by atoms with Crippen LogP contribution in [0.15, 0.2) is 0 Å². The lowest BCUT2D eigenvalue weighted by atomic mass is 9.52. The van der Waals surface area contributed by atoms with Crippen molar-refractivity contribution in [3.63, 3.8) is 0 Å². The molecule has 0 radical (unpaired) electrons. The molecule has 0 aliphatic heterocycles. The van der Waals surface area contributed by atoms with E-state index in [-0.39, 0.29) is 0 Å². The fourth-order valence-electron chi connectivity index (χ4n) is 9.40. The SMILES string of the molecule is C#C.CCCCCC(CC)CCCC1(C2CCC(CCCCC)CC2)CCCCCCC2CCCCC21. The quantitative estimate of drug-likeness (QED) is 0.160. The second-order valence-electron chi connectivity index (χ2n) is 13.7. The molecule has 3 rings (SSSR count). The molecule has 37 heavy (non-hydrogen) atoms. The summed E-state index contributed by atoms with van der Waals surface area (Å²) in [6, 6.07) is 0. The molecular weight excluding hydrogens is 444 g/mol. The van der Waals surface area contributed by atoms with Crippen molar-refractivity contribution in [2.24, 2.45) is 35.0 Å². The van der Waals surface area contributed by atoms with Crippen molar-refractivity contribution in [3.05, 3.63) is 0 Å². The van der Waals surface area contributed by atoms with Crippen molar-refractivity contribution < 1.29 is 0 Å². The minimum Gasteiger partial charge on any atom is -0.124 e. The summed E-state index contributed by atoms with van der Waals surface area (Å²) in [5, 5.41) is 0. The van der Waals surface area contributed by atoms with Crippen LogP contribution in [0, 0.1) is 47.9 Å². The van der Waals surface area contributed by atoms with Crippen LogP contribution in [0.1, 0.15) is 188 Å². The van der Waals surface area contributed by atoms with Crippen molar-refractivity contribution in [2.75, 3.05) is 0 Å². The molecule has 0 heteroatoms. The minimum absolute atomic E-state index is 0.714. The van der Waals surface area contributed by atoms with E-state index in [0.717, 1.165) is 29.6 Å². The first kappa shape index (κ1) is 32.8. The normalized spacial score (nSPS) is 31.6. The minimum atomic E-state index is 0.714. The highest BCUT2D eigenvalue weighted by molar-refractivity contribution is 4.98. The van der Waals surface area contributed by atoms with Crippen LogP contribution < -0.4 is 0 Å². The Kier molecular flexibility index (Phi) is 17.4. The van der Waals surface area contributed by atoms with Crippen LogP contribution in [0.5, 0.6) is 0 Å². The van der Waals surface area contributed by atoms with E-state index in [1.807, 2.05) is 0 Å². The number of hydrogen-bond acceptors (Lipinski definition) is 0. The van der Waals surface area contributed by atoms with Gasteiger partial charge in [0.1, 0.15) is 0 Å². The maximum absolute atomic E-state index is 4.00. The molecule has 0 nitrogen and oxygen atoms in total. The van der Waals surface area contributed by atoms with Crippen molar-refractivity contribution >= 4 is 0 Å². The van der Waals surface area contributed by atoms with E-state index in [0.29, 0.717) is 5.41 Å². The fraction of sp³-hybridized carbons (Fsp3) is 0.946. The summed E-state index contributed by atoms with van der Waals surface area (Å²) in [7, 11) is 0. The molecule has 0 aromatic rings. The number of hydrogen-bond donors (Lipinski definition) is 0. The van der Waals surface area contributed by atoms with E-state index >= 15 is 0 Å². The summed E-state index contributed by atoms with van der Waals surface area (Å²) in [6.45, 7) is 7.20. The maximum atomic E-state index is 4.00. The molecule has 0 heterocycles. The van der Waals surface area contributed by atoms with Crippen LogP contribution in [-0.4, -0.2) is 0 Å². The Morgan fingerprint density at radius 2 is 1.27 bits per heavy atom. The summed E-state index contributed by atoms with van der Waals surface area (Å²) in [4.78, 5) is 0. The average Bonchev–Trinajstić information content (AvgIpc) is 3.03. The van der Waals surface area contributed by atoms with E-state index in [1.165, 1.54) is 89.9 Å². The molecule has 0 amide bonds. The summed E-state index contributed by atoms with van der Waals surface area (Å²) in [5.41, 5.74) is 0.714. The molecule has 0 aromatic carbocycles. The molecule has 3 aliphatic rings. The summed E-state index contributed by atoms with van der Waals surface area (Å²) < 4.78 is 0. The third kappa shape index (κ3) is 10.6. The Morgan fingerprint density at radius 3 is 1.97 bits per heavy atom. The number of fused-ring (bicyclic) bond motifs is 1. The van der Waals surface area contributed by atoms with Gasteiger partial charge in [0, 0.05) is 0 Å². The molecule has 0 bridgehead atoms. The molecule has 0 saturated heterocycles. The van der Waals surface area contributed by atoms with Gasteiger partial charge in [0.15, 0.2) is 0 Å². The zero-order chi connectivity index (χ0) is 26.8. The lowest BCUT2D eigenvalue weighted by molar-refractivity contribution is -0.0355. The van der Waals surface area contributed by atoms with Gasteiger partial charge in [-0.25, -0.2) is 0 Å². The van der Waals surface area contributed by atoms with Crippen molar-refractivity contribution in [1.82, 2.24) is 0 Å². The average molecular weight is 513 g/mol.